The smallest absolute Gasteiger partial charge is 0.249 e. The molecular weight excluding hydrogens is 330 g/mol. The number of aromatic nitrogens is 4. The van der Waals surface area contributed by atoms with Gasteiger partial charge in [-0.3, -0.25) is 14.8 Å². The predicted octanol–water partition coefficient (Wildman–Crippen LogP) is 3.05. The number of carbonyl (C=O) groups is 1. The van der Waals surface area contributed by atoms with Crippen molar-refractivity contribution in [1.29, 1.82) is 0 Å². The van der Waals surface area contributed by atoms with Crippen LogP contribution in [0.3, 0.4) is 0 Å². The summed E-state index contributed by atoms with van der Waals surface area (Å²) in [5.74, 6) is 0.690. The number of nitrogens with one attached hydrogen (secondary N) is 1. The summed E-state index contributed by atoms with van der Waals surface area (Å²) in [7, 11) is 0. The average Bonchev–Trinajstić information content (AvgIpc) is 3.15. The van der Waals surface area contributed by atoms with E-state index >= 15 is 0 Å². The van der Waals surface area contributed by atoms with E-state index in [2.05, 4.69) is 25.4 Å². The Morgan fingerprint density at radius 1 is 1.08 bits per heavy atom. The zero-order valence-corrected chi connectivity index (χ0v) is 14.5. The molecule has 0 aliphatic carbocycles. The molecule has 3 aromatic rings. The normalized spacial score (nSPS) is 12.4. The van der Waals surface area contributed by atoms with Gasteiger partial charge in [0, 0.05) is 36.4 Å². The molecule has 0 saturated heterocycles. The first kappa shape index (κ1) is 17.5. The topological polar surface area (TPSA) is 93.8 Å². The van der Waals surface area contributed by atoms with Crippen molar-refractivity contribution >= 4 is 12.0 Å². The number of rotatable bonds is 6. The highest BCUT2D eigenvalue weighted by Crippen LogP contribution is 2.23. The maximum atomic E-state index is 12.3. The van der Waals surface area contributed by atoms with Crippen molar-refractivity contribution in [2.75, 3.05) is 0 Å². The molecule has 7 nitrogen and oxygen atoms in total. The lowest BCUT2D eigenvalue weighted by Crippen LogP contribution is -2.30. The highest BCUT2D eigenvalue weighted by molar-refractivity contribution is 5.91. The number of carbonyl (C=O) groups excluding carboxylic acids is 1. The standard InChI is InChI=1S/C19H19N5O2/c1-13(2)17(22-16(25)4-3-14-5-9-20-10-6-14)19-23-18(24-26-19)15-7-11-21-12-8-15/h3-13,17H,1-2H3,(H,22,25). The Hall–Kier alpha value is -3.35. The van der Waals surface area contributed by atoms with Gasteiger partial charge in [0.1, 0.15) is 6.04 Å². The summed E-state index contributed by atoms with van der Waals surface area (Å²) in [6.45, 7) is 3.96. The van der Waals surface area contributed by atoms with Gasteiger partial charge in [0.15, 0.2) is 0 Å². The number of hydrogen-bond donors (Lipinski definition) is 1. The van der Waals surface area contributed by atoms with E-state index in [9.17, 15) is 4.79 Å². The van der Waals surface area contributed by atoms with Gasteiger partial charge in [0.05, 0.1) is 0 Å². The molecule has 3 rings (SSSR count). The molecular formula is C19H19N5O2. The number of pyridine rings is 2. The molecule has 7 heteroatoms. The lowest BCUT2D eigenvalue weighted by atomic mass is 10.0. The fourth-order valence-electron chi connectivity index (χ4n) is 2.34. The Bertz CT molecular complexity index is 875. The molecule has 1 amide bonds. The van der Waals surface area contributed by atoms with Crippen molar-refractivity contribution in [3.63, 3.8) is 0 Å². The first-order valence-corrected chi connectivity index (χ1v) is 8.26. The minimum Gasteiger partial charge on any atom is -0.340 e. The van der Waals surface area contributed by atoms with E-state index in [0.717, 1.165) is 11.1 Å². The van der Waals surface area contributed by atoms with Crippen molar-refractivity contribution < 1.29 is 9.32 Å². The predicted molar refractivity (Wildman–Crippen MR) is 96.5 cm³/mol. The number of nitrogens with zero attached hydrogens (tertiary/aromatic N) is 4. The van der Waals surface area contributed by atoms with Crippen LogP contribution in [0.4, 0.5) is 0 Å². The van der Waals surface area contributed by atoms with E-state index < -0.39 is 0 Å². The van der Waals surface area contributed by atoms with Crippen molar-refractivity contribution in [2.24, 2.45) is 5.92 Å². The summed E-state index contributed by atoms with van der Waals surface area (Å²) in [4.78, 5) is 24.6. The molecule has 1 N–H and O–H groups in total. The molecule has 0 aromatic carbocycles. The van der Waals surface area contributed by atoms with Gasteiger partial charge in [-0.1, -0.05) is 19.0 Å². The molecule has 1 unspecified atom stereocenters. The third-order valence-corrected chi connectivity index (χ3v) is 3.74. The van der Waals surface area contributed by atoms with Gasteiger partial charge in [-0.2, -0.15) is 4.98 Å². The largest absolute Gasteiger partial charge is 0.340 e. The van der Waals surface area contributed by atoms with Crippen molar-refractivity contribution in [3.8, 4) is 11.4 Å². The van der Waals surface area contributed by atoms with Crippen molar-refractivity contribution in [3.05, 3.63) is 66.6 Å². The lowest BCUT2D eigenvalue weighted by molar-refractivity contribution is -0.117. The molecule has 1 atom stereocenters. The number of hydrogen-bond acceptors (Lipinski definition) is 6. The molecule has 0 bridgehead atoms. The van der Waals surface area contributed by atoms with Crippen LogP contribution in [0.2, 0.25) is 0 Å². The molecule has 0 spiro atoms. The first-order valence-electron chi connectivity index (χ1n) is 8.26. The second-order valence-electron chi connectivity index (χ2n) is 6.04. The highest BCUT2D eigenvalue weighted by atomic mass is 16.5. The zero-order valence-electron chi connectivity index (χ0n) is 14.5. The van der Waals surface area contributed by atoms with Gasteiger partial charge < -0.3 is 9.84 Å². The maximum absolute atomic E-state index is 12.3. The summed E-state index contributed by atoms with van der Waals surface area (Å²) in [5, 5.41) is 6.92. The maximum Gasteiger partial charge on any atom is 0.249 e. The van der Waals surface area contributed by atoms with E-state index in [1.807, 2.05) is 26.0 Å². The average molecular weight is 349 g/mol. The van der Waals surface area contributed by atoms with Crippen LogP contribution in [0.5, 0.6) is 0 Å². The SMILES string of the molecule is CC(C)C(NC(=O)C=Cc1ccncc1)c1nc(-c2ccncc2)no1. The van der Waals surface area contributed by atoms with E-state index in [0.29, 0.717) is 11.7 Å². The Kier molecular flexibility index (Phi) is 5.48. The second-order valence-corrected chi connectivity index (χ2v) is 6.04. The van der Waals surface area contributed by atoms with Crippen LogP contribution in [0.15, 0.2) is 59.7 Å². The molecule has 132 valence electrons. The monoisotopic (exact) mass is 349 g/mol. The summed E-state index contributed by atoms with van der Waals surface area (Å²) < 4.78 is 5.38. The summed E-state index contributed by atoms with van der Waals surface area (Å²) in [6, 6.07) is 6.86. The van der Waals surface area contributed by atoms with E-state index in [4.69, 9.17) is 4.52 Å². The van der Waals surface area contributed by atoms with Crippen LogP contribution in [0.25, 0.3) is 17.5 Å². The molecule has 0 fully saturated rings. The quantitative estimate of drug-likeness (QED) is 0.687. The van der Waals surface area contributed by atoms with Gasteiger partial charge in [-0.25, -0.2) is 0 Å². The minimum atomic E-state index is -0.382. The van der Waals surface area contributed by atoms with Crippen LogP contribution in [0.1, 0.15) is 31.3 Å². The Morgan fingerprint density at radius 3 is 2.38 bits per heavy atom. The van der Waals surface area contributed by atoms with Crippen LogP contribution >= 0.6 is 0 Å². The van der Waals surface area contributed by atoms with Crippen LogP contribution in [0, 0.1) is 5.92 Å². The fraction of sp³-hybridized carbons (Fsp3) is 0.211. The van der Waals surface area contributed by atoms with Crippen LogP contribution < -0.4 is 5.32 Å². The first-order chi connectivity index (χ1) is 12.6. The molecule has 3 aromatic heterocycles. The third kappa shape index (κ3) is 4.38. The van der Waals surface area contributed by atoms with Crippen molar-refractivity contribution in [1.82, 2.24) is 25.4 Å². The molecule has 0 saturated carbocycles. The molecule has 0 aliphatic rings. The van der Waals surface area contributed by atoms with E-state index in [-0.39, 0.29) is 17.9 Å². The zero-order chi connectivity index (χ0) is 18.4. The van der Waals surface area contributed by atoms with Gasteiger partial charge >= 0.3 is 0 Å². The van der Waals surface area contributed by atoms with Gasteiger partial charge in [0.25, 0.3) is 0 Å². The summed E-state index contributed by atoms with van der Waals surface area (Å²) in [5.41, 5.74) is 1.70. The number of amides is 1. The van der Waals surface area contributed by atoms with Gasteiger partial charge in [-0.15, -0.1) is 0 Å². The molecule has 0 radical (unpaired) electrons. The van der Waals surface area contributed by atoms with E-state index in [1.54, 1.807) is 43.0 Å². The third-order valence-electron chi connectivity index (χ3n) is 3.74. The Labute approximate surface area is 151 Å². The van der Waals surface area contributed by atoms with Crippen LogP contribution in [-0.2, 0) is 4.79 Å². The summed E-state index contributed by atoms with van der Waals surface area (Å²) >= 11 is 0. The molecule has 3 heterocycles. The second kappa shape index (κ2) is 8.15. The van der Waals surface area contributed by atoms with Gasteiger partial charge in [-0.05, 0) is 41.8 Å². The lowest BCUT2D eigenvalue weighted by Gasteiger charge is -2.17. The summed E-state index contributed by atoms with van der Waals surface area (Å²) in [6.07, 6.45) is 9.88. The van der Waals surface area contributed by atoms with Gasteiger partial charge in [0.2, 0.25) is 17.6 Å². The van der Waals surface area contributed by atoms with Crippen LogP contribution in [-0.4, -0.2) is 26.0 Å². The fourth-order valence-corrected chi connectivity index (χ4v) is 2.34. The Balaban J connectivity index is 1.72. The Morgan fingerprint density at radius 2 is 1.73 bits per heavy atom. The molecule has 0 aliphatic heterocycles. The highest BCUT2D eigenvalue weighted by Gasteiger charge is 2.24. The minimum absolute atomic E-state index is 0.0824. The van der Waals surface area contributed by atoms with Crippen molar-refractivity contribution in [2.45, 2.75) is 19.9 Å². The van der Waals surface area contributed by atoms with E-state index in [1.165, 1.54) is 6.08 Å². The molecule has 26 heavy (non-hydrogen) atoms.